The Bertz CT molecular complexity index is 770. The van der Waals surface area contributed by atoms with E-state index in [2.05, 4.69) is 10.2 Å². The zero-order valence-electron chi connectivity index (χ0n) is 12.2. The molecule has 4 nitrogen and oxygen atoms in total. The molecule has 1 atom stereocenters. The molecule has 0 aliphatic rings. The lowest BCUT2D eigenvalue weighted by Crippen LogP contribution is -2.20. The molecule has 3 rings (SSSR count). The Labute approximate surface area is 132 Å². The maximum atomic E-state index is 12.5. The number of rotatable bonds is 5. The fourth-order valence-corrected chi connectivity index (χ4v) is 2.99. The summed E-state index contributed by atoms with van der Waals surface area (Å²) in [5.41, 5.74) is 1.90. The minimum absolute atomic E-state index is 0.233. The van der Waals surface area contributed by atoms with Crippen LogP contribution in [0.5, 0.6) is 5.75 Å². The van der Waals surface area contributed by atoms with Crippen molar-refractivity contribution in [2.45, 2.75) is 5.92 Å². The standard InChI is InChI=1S/C17H16N2O2S/c1-22-11-15(12-5-3-2-4-6-12)17(20)21-14-7-8-16-13(9-14)10-18-19-16/h2-10,15H,11H2,1H3,(H,18,19). The first-order chi connectivity index (χ1) is 10.8. The summed E-state index contributed by atoms with van der Waals surface area (Å²) in [6.45, 7) is 0. The molecule has 0 bridgehead atoms. The number of carbonyl (C=O) groups is 1. The number of esters is 1. The van der Waals surface area contributed by atoms with E-state index in [1.54, 1.807) is 24.0 Å². The number of benzene rings is 2. The quantitative estimate of drug-likeness (QED) is 0.577. The lowest BCUT2D eigenvalue weighted by atomic mass is 10.0. The molecule has 0 aliphatic carbocycles. The first kappa shape index (κ1) is 14.7. The lowest BCUT2D eigenvalue weighted by molar-refractivity contribution is -0.135. The summed E-state index contributed by atoms with van der Waals surface area (Å²) in [5.74, 6) is 0.733. The number of H-pyrrole nitrogens is 1. The molecule has 0 saturated heterocycles. The van der Waals surface area contributed by atoms with Gasteiger partial charge in [-0.2, -0.15) is 16.9 Å². The number of ether oxygens (including phenoxy) is 1. The van der Waals surface area contributed by atoms with Gasteiger partial charge in [0.2, 0.25) is 0 Å². The monoisotopic (exact) mass is 312 g/mol. The van der Waals surface area contributed by atoms with E-state index in [9.17, 15) is 4.79 Å². The van der Waals surface area contributed by atoms with Gasteiger partial charge >= 0.3 is 5.97 Å². The summed E-state index contributed by atoms with van der Waals surface area (Å²) < 4.78 is 5.57. The van der Waals surface area contributed by atoms with Crippen molar-refractivity contribution >= 4 is 28.6 Å². The largest absolute Gasteiger partial charge is 0.426 e. The highest BCUT2D eigenvalue weighted by molar-refractivity contribution is 7.98. The van der Waals surface area contributed by atoms with Crippen molar-refractivity contribution in [2.75, 3.05) is 12.0 Å². The number of carbonyl (C=O) groups excluding carboxylic acids is 1. The Morgan fingerprint density at radius 1 is 1.27 bits per heavy atom. The van der Waals surface area contributed by atoms with Gasteiger partial charge in [0.15, 0.2) is 0 Å². The molecular formula is C17H16N2O2S. The highest BCUT2D eigenvalue weighted by Gasteiger charge is 2.22. The molecule has 0 saturated carbocycles. The molecule has 0 amide bonds. The van der Waals surface area contributed by atoms with E-state index in [-0.39, 0.29) is 11.9 Å². The minimum Gasteiger partial charge on any atom is -0.426 e. The number of aromatic nitrogens is 2. The van der Waals surface area contributed by atoms with Gasteiger partial charge in [-0.1, -0.05) is 30.3 Å². The maximum absolute atomic E-state index is 12.5. The molecule has 0 spiro atoms. The van der Waals surface area contributed by atoms with E-state index in [4.69, 9.17) is 4.74 Å². The topological polar surface area (TPSA) is 55.0 Å². The summed E-state index contributed by atoms with van der Waals surface area (Å²) in [7, 11) is 0. The Hall–Kier alpha value is -2.27. The number of fused-ring (bicyclic) bond motifs is 1. The molecule has 1 aromatic heterocycles. The highest BCUT2D eigenvalue weighted by atomic mass is 32.2. The number of nitrogens with zero attached hydrogens (tertiary/aromatic N) is 1. The number of aromatic amines is 1. The van der Waals surface area contributed by atoms with Crippen molar-refractivity contribution < 1.29 is 9.53 Å². The van der Waals surface area contributed by atoms with Crippen LogP contribution < -0.4 is 4.74 Å². The van der Waals surface area contributed by atoms with Gasteiger partial charge in [0.25, 0.3) is 0 Å². The normalized spacial score (nSPS) is 12.2. The predicted molar refractivity (Wildman–Crippen MR) is 89.3 cm³/mol. The van der Waals surface area contributed by atoms with Crippen molar-refractivity contribution in [3.8, 4) is 5.75 Å². The number of hydrogen-bond donors (Lipinski definition) is 1. The Kier molecular flexibility index (Phi) is 4.44. The molecule has 0 fully saturated rings. The van der Waals surface area contributed by atoms with Gasteiger partial charge in [-0.3, -0.25) is 9.89 Å². The summed E-state index contributed by atoms with van der Waals surface area (Å²) in [6, 6.07) is 15.2. The van der Waals surface area contributed by atoms with Crippen LogP contribution in [0.15, 0.2) is 54.7 Å². The fourth-order valence-electron chi connectivity index (χ4n) is 2.32. The van der Waals surface area contributed by atoms with Crippen molar-refractivity contribution in [1.82, 2.24) is 10.2 Å². The summed E-state index contributed by atoms with van der Waals surface area (Å²) >= 11 is 1.63. The van der Waals surface area contributed by atoms with Gasteiger partial charge < -0.3 is 4.74 Å². The van der Waals surface area contributed by atoms with E-state index in [1.165, 1.54) is 0 Å². The molecule has 2 aromatic carbocycles. The second-order valence-electron chi connectivity index (χ2n) is 4.96. The van der Waals surface area contributed by atoms with Gasteiger partial charge in [0.05, 0.1) is 17.6 Å². The van der Waals surface area contributed by atoms with E-state index in [1.807, 2.05) is 48.7 Å². The van der Waals surface area contributed by atoms with Crippen LogP contribution in [0.25, 0.3) is 10.9 Å². The molecule has 0 radical (unpaired) electrons. The van der Waals surface area contributed by atoms with Crippen molar-refractivity contribution in [2.24, 2.45) is 0 Å². The smallest absolute Gasteiger partial charge is 0.319 e. The van der Waals surface area contributed by atoms with Crippen molar-refractivity contribution in [1.29, 1.82) is 0 Å². The van der Waals surface area contributed by atoms with Crippen LogP contribution in [0.4, 0.5) is 0 Å². The van der Waals surface area contributed by atoms with Crippen LogP contribution in [0.3, 0.4) is 0 Å². The average Bonchev–Trinajstić information content (AvgIpc) is 3.01. The number of thioether (sulfide) groups is 1. The van der Waals surface area contributed by atoms with E-state index in [0.717, 1.165) is 16.5 Å². The first-order valence-electron chi connectivity index (χ1n) is 6.96. The first-order valence-corrected chi connectivity index (χ1v) is 8.36. The molecule has 1 heterocycles. The van der Waals surface area contributed by atoms with Gasteiger partial charge in [-0.25, -0.2) is 0 Å². The molecule has 1 unspecified atom stereocenters. The SMILES string of the molecule is CSCC(C(=O)Oc1ccc2[nH]ncc2c1)c1ccccc1. The van der Waals surface area contributed by atoms with Gasteiger partial charge in [0, 0.05) is 11.1 Å². The maximum Gasteiger partial charge on any atom is 0.319 e. The molecule has 3 aromatic rings. The zero-order chi connectivity index (χ0) is 15.4. The predicted octanol–water partition coefficient (Wildman–Crippen LogP) is 3.62. The number of nitrogens with one attached hydrogen (secondary N) is 1. The summed E-state index contributed by atoms with van der Waals surface area (Å²) in [6.07, 6.45) is 3.70. The summed E-state index contributed by atoms with van der Waals surface area (Å²) in [5, 5.41) is 7.76. The van der Waals surface area contributed by atoms with Crippen molar-refractivity contribution in [3.05, 3.63) is 60.3 Å². The van der Waals surface area contributed by atoms with E-state index < -0.39 is 0 Å². The van der Waals surface area contributed by atoms with Gasteiger partial charge in [0.1, 0.15) is 5.75 Å². The fraction of sp³-hybridized carbons (Fsp3) is 0.176. The van der Waals surface area contributed by atoms with Crippen LogP contribution in [0.1, 0.15) is 11.5 Å². The third-order valence-corrected chi connectivity index (χ3v) is 4.12. The molecular weight excluding hydrogens is 296 g/mol. The van der Waals surface area contributed by atoms with Crippen LogP contribution in [0.2, 0.25) is 0 Å². The second kappa shape index (κ2) is 6.66. The molecule has 0 aliphatic heterocycles. The average molecular weight is 312 g/mol. The van der Waals surface area contributed by atoms with Crippen LogP contribution in [-0.2, 0) is 4.79 Å². The van der Waals surface area contributed by atoms with Gasteiger partial charge in [-0.05, 0) is 30.0 Å². The van der Waals surface area contributed by atoms with Crippen LogP contribution in [-0.4, -0.2) is 28.2 Å². The third-order valence-electron chi connectivity index (χ3n) is 3.45. The Balaban J connectivity index is 1.81. The second-order valence-corrected chi connectivity index (χ2v) is 5.87. The van der Waals surface area contributed by atoms with E-state index >= 15 is 0 Å². The Morgan fingerprint density at radius 3 is 2.86 bits per heavy atom. The zero-order valence-corrected chi connectivity index (χ0v) is 13.0. The lowest BCUT2D eigenvalue weighted by Gasteiger charge is -2.15. The number of hydrogen-bond acceptors (Lipinski definition) is 4. The minimum atomic E-state index is -0.267. The van der Waals surface area contributed by atoms with Crippen LogP contribution >= 0.6 is 11.8 Å². The molecule has 112 valence electrons. The van der Waals surface area contributed by atoms with E-state index in [0.29, 0.717) is 11.5 Å². The summed E-state index contributed by atoms with van der Waals surface area (Å²) in [4.78, 5) is 12.5. The molecule has 22 heavy (non-hydrogen) atoms. The third kappa shape index (κ3) is 3.14. The molecule has 1 N–H and O–H groups in total. The Morgan fingerprint density at radius 2 is 2.09 bits per heavy atom. The van der Waals surface area contributed by atoms with Crippen molar-refractivity contribution in [3.63, 3.8) is 0 Å². The van der Waals surface area contributed by atoms with Gasteiger partial charge in [-0.15, -0.1) is 0 Å². The molecule has 5 heteroatoms. The van der Waals surface area contributed by atoms with Crippen LogP contribution in [0, 0.1) is 0 Å². The highest BCUT2D eigenvalue weighted by Crippen LogP contribution is 2.24.